The van der Waals surface area contributed by atoms with Crippen molar-refractivity contribution in [2.24, 2.45) is 0 Å². The SMILES string of the molecule is [C-]#[N+]c1ccc(Nc2ccc3c(c2)COB3C)nc1OCCO.[C-]#[N+]c1ccc(Nc2ccc3c(c2)COB3C)nc1OCCOC.[C-]#[N+]c1ccc(Nc2ccc3c(c2)COB3C)nc1OCCOC(C)C.[C-]#[N+]c1ccc(Nc2ccc3c(c2)COB3C)nc1OCCOCC.[C-]#[N+]c1ccc(Nc2ccc3c(c2)COB3O)nc1OCCCC(C)=O.[C-]#[N+]c1ccc(Nc2ccc3c(c2)COB3O)nc1OCCOC(C)=O. The van der Waals surface area contributed by atoms with Gasteiger partial charge in [-0.15, -0.1) is 0 Å². The van der Waals surface area contributed by atoms with E-state index >= 15 is 0 Å². The number of ether oxygens (including phenoxy) is 10. The van der Waals surface area contributed by atoms with E-state index in [9.17, 15) is 19.6 Å². The fourth-order valence-electron chi connectivity index (χ4n) is 15.6. The molecule has 0 amide bonds. The standard InChI is InChI=1S/C19H22BN3O3.C18H18BN3O4.C18H20BN3O3.C17H16BN3O5.C17H18BN3O3.C16H16BN3O3/c1-13(2)24-9-10-25-19-17(21-4)7-8-18(23-19)22-15-5-6-16-14(11-15)12-26-20(16)3;1-12(23)4-3-9-25-18-16(20-2)7-8-17(22-18)21-14-5-6-15-13(10-14)11-26-19(15)24;1-4-23-9-10-24-18-16(20-3)7-8-17(22-18)21-14-5-6-15-13(11-14)12-25-19(15)2;1-11(22)24-7-8-25-17-15(19-2)5-6-16(21-17)20-13-3-4-14-12(9-13)10-26-18(14)23;1-18-14-5-4-13(10-12(14)11-24-18)20-16-7-6-15(19-2)17(21-16)23-9-8-22-3;1-17-13-4-3-12(9-11(13)10-23-17)19-15-6-5-14(18-2)16(20-15)22-8-7-21/h5-8,11,13H,9-10,12H2,1-3H3,(H,22,23);5-8,10,24H,3-4,9,11H2,1H3,(H,21,22);5-8,11H,4,9-10,12H2,1-2H3,(H,21,22);3-6,9,23H,7-8,10H2,1H3,(H,20,21);4-7,10H,8-9,11H2,1,3H3,(H,20,21);3-6,9,21H,7-8,10H2,1H3,(H,19,20). The maximum Gasteiger partial charge on any atom is 0.491 e. The molecule has 0 fully saturated rings. The van der Waals surface area contributed by atoms with E-state index in [-0.39, 0.29) is 89.3 Å². The van der Waals surface area contributed by atoms with Crippen LogP contribution in [0, 0.1) is 39.4 Å². The van der Waals surface area contributed by atoms with Crippen LogP contribution < -0.4 is 93.1 Å². The summed E-state index contributed by atoms with van der Waals surface area (Å²) in [7, 11) is -0.152. The molecule has 0 radical (unpaired) electrons. The van der Waals surface area contributed by atoms with Crippen LogP contribution in [0.1, 0.15) is 80.8 Å². The van der Waals surface area contributed by atoms with E-state index in [0.717, 1.165) is 61.7 Å². The number of nitrogens with zero attached hydrogens (tertiary/aromatic N) is 12. The predicted octanol–water partition coefficient (Wildman–Crippen LogP) is 15.4. The molecule has 150 heavy (non-hydrogen) atoms. The number of ketones is 1. The van der Waals surface area contributed by atoms with Gasteiger partial charge >= 0.3 is 47.9 Å². The third kappa shape index (κ3) is 31.9. The molecule has 0 unspecified atom stereocenters. The van der Waals surface area contributed by atoms with E-state index in [4.69, 9.17) is 120 Å². The second-order valence-electron chi connectivity index (χ2n) is 34.2. The van der Waals surface area contributed by atoms with E-state index in [0.29, 0.717) is 186 Å². The molecule has 0 saturated carbocycles. The van der Waals surface area contributed by atoms with E-state index in [2.05, 4.69) is 141 Å². The van der Waals surface area contributed by atoms with Crippen molar-refractivity contribution in [2.45, 2.75) is 120 Å². The number of aliphatic hydroxyl groups excluding tert-OH is 1. The first-order valence-corrected chi connectivity index (χ1v) is 48.3. The van der Waals surface area contributed by atoms with Crippen molar-refractivity contribution in [3.05, 3.63) is 284 Å². The number of fused-ring (bicyclic) bond motifs is 6. The summed E-state index contributed by atoms with van der Waals surface area (Å²) in [6.07, 6.45) is 1.17. The lowest BCUT2D eigenvalue weighted by Gasteiger charge is -2.12. The number of hydrogen-bond acceptors (Lipinski definition) is 33. The molecule has 45 heteroatoms. The number of carbonyl (C=O) groups excluding carboxylic acids is 2. The van der Waals surface area contributed by atoms with Crippen LogP contribution in [0.3, 0.4) is 0 Å². The maximum absolute atomic E-state index is 11.0. The Morgan fingerprint density at radius 3 is 0.880 bits per heavy atom. The van der Waals surface area contributed by atoms with Crippen LogP contribution in [0.25, 0.3) is 29.1 Å². The van der Waals surface area contributed by atoms with Crippen molar-refractivity contribution in [1.29, 1.82) is 0 Å². The zero-order chi connectivity index (χ0) is 106. The Bertz CT molecular complexity index is 6850. The van der Waals surface area contributed by atoms with Gasteiger partial charge in [-0.05, 0) is 246 Å². The van der Waals surface area contributed by atoms with Gasteiger partial charge in [0.1, 0.15) is 80.3 Å². The van der Waals surface area contributed by atoms with Gasteiger partial charge in [0, 0.05) is 61.2 Å². The smallest absolute Gasteiger partial charge is 0.486 e. The summed E-state index contributed by atoms with van der Waals surface area (Å²) in [6.45, 7) is 67.5. The zero-order valence-corrected chi connectivity index (χ0v) is 84.6. The fourth-order valence-corrected chi connectivity index (χ4v) is 15.6. The number of anilines is 12. The topological polar surface area (TPSA) is 418 Å². The number of esters is 1. The molecular weight excluding hydrogens is 1910 g/mol. The average molecular weight is 2030 g/mol. The van der Waals surface area contributed by atoms with Crippen molar-refractivity contribution in [3.63, 3.8) is 0 Å². The summed E-state index contributed by atoms with van der Waals surface area (Å²) in [4.78, 5) is 68.4. The second kappa shape index (κ2) is 56.1. The quantitative estimate of drug-likeness (QED) is 0.00751. The predicted molar refractivity (Wildman–Crippen MR) is 576 cm³/mol. The maximum atomic E-state index is 11.0. The van der Waals surface area contributed by atoms with Gasteiger partial charge in [-0.3, -0.25) is 4.79 Å². The molecule has 12 heterocycles. The molecule has 6 aliphatic rings. The molecule has 39 nitrogen and oxygen atoms in total. The summed E-state index contributed by atoms with van der Waals surface area (Å²) in [6, 6.07) is 55.9. The molecule has 6 aliphatic heterocycles. The minimum atomic E-state index is -0.882. The minimum Gasteiger partial charge on any atom is -0.486 e. The van der Waals surface area contributed by atoms with Crippen LogP contribution in [0.5, 0.6) is 35.3 Å². The number of methoxy groups -OCH3 is 1. The number of nitrogens with one attached hydrogen (secondary N) is 6. The summed E-state index contributed by atoms with van der Waals surface area (Å²) < 4.78 is 86.4. The Kier molecular flexibility index (Phi) is 41.5. The lowest BCUT2D eigenvalue weighted by Crippen LogP contribution is -2.27. The Balaban J connectivity index is 0.000000150. The van der Waals surface area contributed by atoms with Crippen molar-refractivity contribution in [1.82, 2.24) is 29.9 Å². The number of aromatic nitrogens is 6. The van der Waals surface area contributed by atoms with Crippen LogP contribution in [-0.2, 0) is 96.1 Å². The third-order valence-corrected chi connectivity index (χ3v) is 23.1. The Labute approximate surface area is 872 Å². The number of hydrogen-bond donors (Lipinski definition) is 9. The highest BCUT2D eigenvalue weighted by Gasteiger charge is 2.32. The monoisotopic (exact) mass is 2020 g/mol. The second-order valence-corrected chi connectivity index (χ2v) is 34.2. The fraction of sp³-hybridized carbons (Fsp3) is 0.295. The lowest BCUT2D eigenvalue weighted by molar-refractivity contribution is -0.141. The third-order valence-electron chi connectivity index (χ3n) is 23.1. The summed E-state index contributed by atoms with van der Waals surface area (Å²) in [5.74, 6) is 4.79. The summed E-state index contributed by atoms with van der Waals surface area (Å²) >= 11 is 0. The number of carbonyl (C=O) groups is 2. The number of Topliss-reactive ketones (excluding diaryl/α,β-unsaturated/α-hetero) is 1. The summed E-state index contributed by atoms with van der Waals surface area (Å²) in [5.41, 5.74) is 20.2. The van der Waals surface area contributed by atoms with Crippen LogP contribution in [-0.4, -0.2) is 191 Å². The first kappa shape index (κ1) is 111. The highest BCUT2D eigenvalue weighted by Crippen LogP contribution is 2.37. The Morgan fingerprint density at radius 1 is 0.353 bits per heavy atom. The Hall–Kier alpha value is -16.2. The van der Waals surface area contributed by atoms with Gasteiger partial charge in [0.05, 0.1) is 118 Å². The van der Waals surface area contributed by atoms with Gasteiger partial charge in [-0.1, -0.05) is 63.7 Å². The van der Waals surface area contributed by atoms with Gasteiger partial charge in [-0.25, -0.2) is 59.0 Å². The van der Waals surface area contributed by atoms with E-state index in [1.807, 2.05) is 101 Å². The number of benzene rings is 6. The molecule has 0 bridgehead atoms. The van der Waals surface area contributed by atoms with Gasteiger partial charge in [0.2, 0.25) is 69.4 Å². The normalized spacial score (nSPS) is 12.6. The van der Waals surface area contributed by atoms with Crippen LogP contribution in [0.15, 0.2) is 182 Å². The molecule has 6 aromatic carbocycles. The first-order valence-electron chi connectivity index (χ1n) is 48.3. The van der Waals surface area contributed by atoms with Crippen molar-refractivity contribution in [2.75, 3.05) is 118 Å². The lowest BCUT2D eigenvalue weighted by atomic mass is 9.64. The molecule has 6 aromatic heterocycles. The zero-order valence-electron chi connectivity index (χ0n) is 84.6. The molecule has 0 spiro atoms. The first-order chi connectivity index (χ1) is 72.8. The molecule has 0 saturated heterocycles. The van der Waals surface area contributed by atoms with Gasteiger partial charge in [-0.2, -0.15) is 0 Å². The highest BCUT2D eigenvalue weighted by molar-refractivity contribution is 6.69. The van der Waals surface area contributed by atoms with Crippen LogP contribution >= 0.6 is 0 Å². The molecule has 18 rings (SSSR count). The van der Waals surface area contributed by atoms with Gasteiger partial charge in [0.25, 0.3) is 0 Å². The van der Waals surface area contributed by atoms with Crippen LogP contribution in [0.4, 0.5) is 103 Å². The van der Waals surface area contributed by atoms with Crippen molar-refractivity contribution >= 4 is 190 Å². The highest BCUT2D eigenvalue weighted by atomic mass is 16.6. The summed E-state index contributed by atoms with van der Waals surface area (Å²) in [5, 5.41) is 47.5. The van der Waals surface area contributed by atoms with Gasteiger partial charge in [0.15, 0.2) is 0 Å². The molecule has 12 aromatic rings. The molecule has 0 aliphatic carbocycles. The van der Waals surface area contributed by atoms with E-state index < -0.39 is 20.2 Å². The number of rotatable bonds is 38. The minimum absolute atomic E-state index is 0.0826. The largest absolute Gasteiger partial charge is 0.491 e. The van der Waals surface area contributed by atoms with E-state index in [1.54, 1.807) is 86.0 Å². The molecule has 0 atom stereocenters. The molecule has 764 valence electrons. The van der Waals surface area contributed by atoms with Crippen LogP contribution in [0.2, 0.25) is 27.3 Å². The average Bonchev–Trinajstić information content (AvgIpc) is 1.69. The van der Waals surface area contributed by atoms with Crippen molar-refractivity contribution < 1.29 is 100 Å². The molecule has 9 N–H and O–H groups in total. The Morgan fingerprint density at radius 2 is 0.613 bits per heavy atom. The van der Waals surface area contributed by atoms with Gasteiger partial charge < -0.3 is 127 Å². The number of aliphatic hydroxyl groups is 1. The van der Waals surface area contributed by atoms with E-state index in [1.165, 1.54) is 52.4 Å². The number of pyridine rings is 6. The van der Waals surface area contributed by atoms with Crippen molar-refractivity contribution in [3.8, 4) is 35.3 Å². The molecular formula is C105H110B6N18O21.